The molecular formula is C27H24F3NO4. The van der Waals surface area contributed by atoms with E-state index < -0.39 is 23.1 Å². The zero-order chi connectivity index (χ0) is 25.3. The van der Waals surface area contributed by atoms with E-state index in [2.05, 4.69) is 20.8 Å². The number of alkyl halides is 3. The summed E-state index contributed by atoms with van der Waals surface area (Å²) >= 11 is 0. The van der Waals surface area contributed by atoms with Crippen molar-refractivity contribution >= 4 is 5.97 Å². The summed E-state index contributed by atoms with van der Waals surface area (Å²) in [5, 5.41) is 9.54. The predicted molar refractivity (Wildman–Crippen MR) is 125 cm³/mol. The van der Waals surface area contributed by atoms with Gasteiger partial charge in [0.25, 0.3) is 0 Å². The van der Waals surface area contributed by atoms with Crippen LogP contribution in [0.1, 0.15) is 53.9 Å². The summed E-state index contributed by atoms with van der Waals surface area (Å²) in [5.74, 6) is -0.718. The third-order valence-electron chi connectivity index (χ3n) is 6.92. The smallest absolute Gasteiger partial charge is 0.416 e. The van der Waals surface area contributed by atoms with Crippen molar-refractivity contribution in [2.24, 2.45) is 5.41 Å². The quantitative estimate of drug-likeness (QED) is 0.487. The van der Waals surface area contributed by atoms with Gasteiger partial charge < -0.3 is 14.4 Å². The lowest BCUT2D eigenvalue weighted by Gasteiger charge is -2.39. The van der Waals surface area contributed by atoms with Gasteiger partial charge in [0.05, 0.1) is 17.9 Å². The molecule has 2 aliphatic rings. The van der Waals surface area contributed by atoms with E-state index in [1.54, 1.807) is 12.1 Å². The zero-order valence-electron chi connectivity index (χ0n) is 19.5. The number of aromatic nitrogens is 1. The van der Waals surface area contributed by atoms with Crippen molar-refractivity contribution in [2.75, 3.05) is 6.61 Å². The van der Waals surface area contributed by atoms with E-state index in [1.807, 2.05) is 4.57 Å². The van der Waals surface area contributed by atoms with Gasteiger partial charge in [-0.3, -0.25) is 4.79 Å². The highest BCUT2D eigenvalue weighted by Gasteiger charge is 2.37. The molecule has 0 fully saturated rings. The largest absolute Gasteiger partial charge is 0.492 e. The van der Waals surface area contributed by atoms with E-state index in [4.69, 9.17) is 4.74 Å². The Hall–Kier alpha value is -3.55. The number of rotatable bonds is 2. The summed E-state index contributed by atoms with van der Waals surface area (Å²) in [6.07, 6.45) is -1.89. The molecule has 0 radical (unpaired) electrons. The van der Waals surface area contributed by atoms with Crippen molar-refractivity contribution < 1.29 is 27.8 Å². The van der Waals surface area contributed by atoms with E-state index in [1.165, 1.54) is 18.3 Å². The molecule has 0 aliphatic carbocycles. The Labute approximate surface area is 199 Å². The van der Waals surface area contributed by atoms with Gasteiger partial charge in [-0.25, -0.2) is 4.79 Å². The summed E-state index contributed by atoms with van der Waals surface area (Å²) in [6.45, 7) is 6.58. The zero-order valence-corrected chi connectivity index (χ0v) is 19.5. The Morgan fingerprint density at radius 2 is 1.83 bits per heavy atom. The third-order valence-corrected chi connectivity index (χ3v) is 6.92. The molecule has 0 spiro atoms. The third kappa shape index (κ3) is 3.81. The van der Waals surface area contributed by atoms with Crippen molar-refractivity contribution in [3.8, 4) is 28.1 Å². The number of pyridine rings is 1. The fourth-order valence-electron chi connectivity index (χ4n) is 5.18. The van der Waals surface area contributed by atoms with Crippen LogP contribution < -0.4 is 10.2 Å². The minimum Gasteiger partial charge on any atom is -0.492 e. The number of hydrogen-bond donors (Lipinski definition) is 1. The molecule has 0 amide bonds. The standard InChI is InChI=1S/C27H24F3NO4/c1-26(2,3)23-11-18-16-7-8-35-24(16)17(14-5-4-6-15(9-14)27(28,29)30)10-19(18)21-12-22(32)20(25(33)34)13-31(21)23/h4-6,9-10,12-13,23H,7-8,11H2,1-3H3,(H,33,34). The first-order valence-corrected chi connectivity index (χ1v) is 11.4. The summed E-state index contributed by atoms with van der Waals surface area (Å²) < 4.78 is 48.0. The second-order valence-corrected chi connectivity index (χ2v) is 10.2. The van der Waals surface area contributed by atoms with Gasteiger partial charge in [0.15, 0.2) is 5.43 Å². The van der Waals surface area contributed by atoms with Gasteiger partial charge in [-0.05, 0) is 41.2 Å². The van der Waals surface area contributed by atoms with E-state index in [9.17, 15) is 27.9 Å². The number of hydrogen-bond acceptors (Lipinski definition) is 3. The van der Waals surface area contributed by atoms with Gasteiger partial charge in [-0.15, -0.1) is 0 Å². The Morgan fingerprint density at radius 3 is 2.49 bits per heavy atom. The van der Waals surface area contributed by atoms with Crippen LogP contribution in [0.3, 0.4) is 0 Å². The van der Waals surface area contributed by atoms with E-state index in [-0.39, 0.29) is 17.0 Å². The van der Waals surface area contributed by atoms with E-state index in [0.717, 1.165) is 28.8 Å². The number of fused-ring (bicyclic) bond motifs is 5. The minimum atomic E-state index is -4.48. The van der Waals surface area contributed by atoms with Crippen LogP contribution in [0.5, 0.6) is 5.75 Å². The van der Waals surface area contributed by atoms with Gasteiger partial charge in [0.1, 0.15) is 11.3 Å². The maximum Gasteiger partial charge on any atom is 0.416 e. The molecule has 8 heteroatoms. The average molecular weight is 483 g/mol. The topological polar surface area (TPSA) is 68.5 Å². The molecule has 1 N–H and O–H groups in total. The number of carboxylic acid groups (broad SMARTS) is 1. The number of carbonyl (C=O) groups is 1. The van der Waals surface area contributed by atoms with Crippen LogP contribution >= 0.6 is 0 Å². The van der Waals surface area contributed by atoms with Gasteiger partial charge in [0, 0.05) is 41.4 Å². The maximum atomic E-state index is 13.4. The van der Waals surface area contributed by atoms with Crippen molar-refractivity contribution in [2.45, 2.75) is 45.8 Å². The van der Waals surface area contributed by atoms with Gasteiger partial charge in [-0.1, -0.05) is 32.9 Å². The molecule has 35 heavy (non-hydrogen) atoms. The van der Waals surface area contributed by atoms with Crippen LogP contribution in [0.15, 0.2) is 47.4 Å². The molecule has 1 atom stereocenters. The SMILES string of the molecule is CC(C)(C)C1Cc2c(cc(-c3cccc(C(F)(F)F)c3)c3c2CCO3)-c2cc(=O)c(C(=O)O)cn21. The highest BCUT2D eigenvalue weighted by Crippen LogP contribution is 2.50. The molecular weight excluding hydrogens is 459 g/mol. The van der Waals surface area contributed by atoms with Crippen molar-refractivity contribution in [3.05, 3.63) is 75.1 Å². The number of benzene rings is 2. The Kier molecular flexibility index (Phi) is 5.12. The minimum absolute atomic E-state index is 0.132. The fraction of sp³-hybridized carbons (Fsp3) is 0.333. The summed E-state index contributed by atoms with van der Waals surface area (Å²) in [5.41, 5.74) is 2.17. The second kappa shape index (κ2) is 7.73. The van der Waals surface area contributed by atoms with Gasteiger partial charge in [-0.2, -0.15) is 13.2 Å². The highest BCUT2D eigenvalue weighted by atomic mass is 19.4. The van der Waals surface area contributed by atoms with E-state index in [0.29, 0.717) is 42.0 Å². The molecule has 182 valence electrons. The number of carboxylic acids is 1. The Bertz CT molecular complexity index is 1430. The fourth-order valence-corrected chi connectivity index (χ4v) is 5.18. The molecule has 5 rings (SSSR count). The molecule has 1 unspecified atom stereocenters. The van der Waals surface area contributed by atoms with Crippen LogP contribution in [0.4, 0.5) is 13.2 Å². The molecule has 0 saturated carbocycles. The molecule has 1 aromatic heterocycles. The highest BCUT2D eigenvalue weighted by molar-refractivity contribution is 5.88. The second-order valence-electron chi connectivity index (χ2n) is 10.2. The van der Waals surface area contributed by atoms with Crippen molar-refractivity contribution in [1.29, 1.82) is 0 Å². The number of halogens is 3. The summed E-state index contributed by atoms with van der Waals surface area (Å²) in [6, 6.07) is 8.09. The van der Waals surface area contributed by atoms with E-state index >= 15 is 0 Å². The lowest BCUT2D eigenvalue weighted by Crippen LogP contribution is -2.33. The molecule has 3 heterocycles. The Morgan fingerprint density at radius 1 is 1.09 bits per heavy atom. The monoisotopic (exact) mass is 483 g/mol. The lowest BCUT2D eigenvalue weighted by molar-refractivity contribution is -0.137. The number of aromatic carboxylic acids is 1. The van der Waals surface area contributed by atoms with Crippen molar-refractivity contribution in [1.82, 2.24) is 4.57 Å². The molecule has 2 aliphatic heterocycles. The Balaban J connectivity index is 1.80. The summed E-state index contributed by atoms with van der Waals surface area (Å²) in [7, 11) is 0. The normalized spacial score (nSPS) is 16.8. The van der Waals surface area contributed by atoms with Gasteiger partial charge >= 0.3 is 12.1 Å². The first kappa shape index (κ1) is 23.2. The lowest BCUT2D eigenvalue weighted by atomic mass is 9.76. The molecule has 0 saturated heterocycles. The van der Waals surface area contributed by atoms with Crippen LogP contribution in [0.2, 0.25) is 0 Å². The van der Waals surface area contributed by atoms with Crippen LogP contribution in [0.25, 0.3) is 22.4 Å². The van der Waals surface area contributed by atoms with Crippen LogP contribution in [-0.4, -0.2) is 22.2 Å². The molecule has 5 nitrogen and oxygen atoms in total. The van der Waals surface area contributed by atoms with Crippen LogP contribution in [-0.2, 0) is 19.0 Å². The predicted octanol–water partition coefficient (Wildman–Crippen LogP) is 5.98. The maximum absolute atomic E-state index is 13.4. The average Bonchev–Trinajstić information content (AvgIpc) is 3.26. The van der Waals surface area contributed by atoms with Gasteiger partial charge in [0.2, 0.25) is 0 Å². The number of nitrogens with zero attached hydrogens (tertiary/aromatic N) is 1. The van der Waals surface area contributed by atoms with Crippen LogP contribution in [0, 0.1) is 5.41 Å². The van der Waals surface area contributed by atoms with Crippen molar-refractivity contribution in [3.63, 3.8) is 0 Å². The molecule has 0 bridgehead atoms. The molecule has 3 aromatic rings. The summed E-state index contributed by atoms with van der Waals surface area (Å²) in [4.78, 5) is 24.4. The first-order chi connectivity index (χ1) is 16.4. The molecule has 2 aromatic carbocycles. The number of ether oxygens (including phenoxy) is 1. The first-order valence-electron chi connectivity index (χ1n) is 11.4.